The van der Waals surface area contributed by atoms with E-state index in [-0.39, 0.29) is 16.7 Å². The second-order valence-electron chi connectivity index (χ2n) is 9.26. The molecule has 4 aromatic rings. The van der Waals surface area contributed by atoms with Crippen LogP contribution < -0.4 is 5.32 Å². The third kappa shape index (κ3) is 4.70. The molecule has 0 spiro atoms. The first-order valence-electron chi connectivity index (χ1n) is 12.2. The molecule has 192 valence electrons. The van der Waals surface area contributed by atoms with Gasteiger partial charge in [-0.05, 0) is 74.6 Å². The van der Waals surface area contributed by atoms with Crippen LogP contribution in [0.1, 0.15) is 46.1 Å². The van der Waals surface area contributed by atoms with Gasteiger partial charge in [0.05, 0.1) is 10.6 Å². The molecule has 1 aliphatic rings. The van der Waals surface area contributed by atoms with Crippen LogP contribution in [-0.4, -0.2) is 46.4 Å². The highest BCUT2D eigenvalue weighted by molar-refractivity contribution is 7.89. The lowest BCUT2D eigenvalue weighted by molar-refractivity contribution is 0.102. The number of hydrogen-bond acceptors (Lipinski definition) is 6. The van der Waals surface area contributed by atoms with E-state index in [1.165, 1.54) is 17.7 Å². The van der Waals surface area contributed by atoms with Gasteiger partial charge in [-0.15, -0.1) is 6.58 Å². The summed E-state index contributed by atoms with van der Waals surface area (Å²) in [4.78, 5) is 17.3. The maximum atomic E-state index is 13.3. The molecule has 0 unspecified atom stereocenters. The predicted molar refractivity (Wildman–Crippen MR) is 141 cm³/mol. The van der Waals surface area contributed by atoms with E-state index in [9.17, 15) is 13.2 Å². The lowest BCUT2D eigenvalue weighted by atomic mass is 9.90. The van der Waals surface area contributed by atoms with Crippen LogP contribution in [0.15, 0.2) is 70.9 Å². The van der Waals surface area contributed by atoms with Crippen molar-refractivity contribution < 1.29 is 17.7 Å². The smallest absolute Gasteiger partial charge is 0.261 e. The Bertz CT molecular complexity index is 1540. The quantitative estimate of drug-likeness (QED) is 0.356. The number of piperidine rings is 1. The number of benzene rings is 1. The minimum Gasteiger partial charge on any atom is -0.361 e. The first-order chi connectivity index (χ1) is 17.8. The summed E-state index contributed by atoms with van der Waals surface area (Å²) in [7, 11) is -3.65. The molecule has 0 atom stereocenters. The molecule has 1 aromatic carbocycles. The lowest BCUT2D eigenvalue weighted by Crippen LogP contribution is -2.37. The van der Waals surface area contributed by atoms with Crippen LogP contribution in [0.3, 0.4) is 0 Å². The molecular formula is C27H29N5O4S. The molecule has 1 fully saturated rings. The number of fused-ring (bicyclic) bond motifs is 1. The summed E-state index contributed by atoms with van der Waals surface area (Å²) in [6, 6.07) is 10.3. The Morgan fingerprint density at radius 3 is 2.57 bits per heavy atom. The second kappa shape index (κ2) is 9.95. The normalized spacial score (nSPS) is 15.2. The summed E-state index contributed by atoms with van der Waals surface area (Å²) < 4.78 is 35.4. The van der Waals surface area contributed by atoms with E-state index >= 15 is 0 Å². The number of rotatable bonds is 7. The fourth-order valence-electron chi connectivity index (χ4n) is 5.02. The average molecular weight is 520 g/mol. The number of nitrogens with zero attached hydrogens (tertiary/aromatic N) is 4. The number of pyridine rings is 1. The SMILES string of the molecule is C=CCn1cc(C2CCN(S(=O)(=O)c3ccc(NC(=O)c4c(C)noc4C)cc3)CC2)c2cccnc21. The van der Waals surface area contributed by atoms with Gasteiger partial charge in [0.2, 0.25) is 10.0 Å². The molecule has 9 nitrogen and oxygen atoms in total. The zero-order valence-corrected chi connectivity index (χ0v) is 21.7. The predicted octanol–water partition coefficient (Wildman–Crippen LogP) is 4.65. The largest absolute Gasteiger partial charge is 0.361 e. The van der Waals surface area contributed by atoms with Crippen LogP contribution in [0, 0.1) is 13.8 Å². The van der Waals surface area contributed by atoms with Crippen LogP contribution in [0.4, 0.5) is 5.69 Å². The molecular weight excluding hydrogens is 490 g/mol. The van der Waals surface area contributed by atoms with Gasteiger partial charge < -0.3 is 14.4 Å². The van der Waals surface area contributed by atoms with Gasteiger partial charge in [0, 0.05) is 43.1 Å². The number of hydrogen-bond donors (Lipinski definition) is 1. The highest BCUT2D eigenvalue weighted by Crippen LogP contribution is 2.35. The average Bonchev–Trinajstić information content (AvgIpc) is 3.44. The van der Waals surface area contributed by atoms with Crippen LogP contribution in [-0.2, 0) is 16.6 Å². The van der Waals surface area contributed by atoms with Gasteiger partial charge in [0.1, 0.15) is 17.0 Å². The Labute approximate surface area is 215 Å². The van der Waals surface area contributed by atoms with Crippen LogP contribution >= 0.6 is 0 Å². The monoisotopic (exact) mass is 519 g/mol. The number of allylic oxidation sites excluding steroid dienone is 1. The van der Waals surface area contributed by atoms with Gasteiger partial charge in [0.15, 0.2) is 0 Å². The third-order valence-electron chi connectivity index (χ3n) is 6.89. The highest BCUT2D eigenvalue weighted by atomic mass is 32.2. The lowest BCUT2D eigenvalue weighted by Gasteiger charge is -2.31. The van der Waals surface area contributed by atoms with Gasteiger partial charge >= 0.3 is 0 Å². The third-order valence-corrected chi connectivity index (χ3v) is 8.81. The van der Waals surface area contributed by atoms with Crippen molar-refractivity contribution >= 4 is 32.7 Å². The molecule has 10 heteroatoms. The summed E-state index contributed by atoms with van der Waals surface area (Å²) >= 11 is 0. The van der Waals surface area contributed by atoms with E-state index in [4.69, 9.17) is 4.52 Å². The van der Waals surface area contributed by atoms with Crippen LogP contribution in [0.5, 0.6) is 0 Å². The summed E-state index contributed by atoms with van der Waals surface area (Å²) in [6.07, 6.45) is 7.22. The molecule has 0 bridgehead atoms. The van der Waals surface area contributed by atoms with E-state index < -0.39 is 10.0 Å². The van der Waals surface area contributed by atoms with Crippen molar-refractivity contribution in [2.45, 2.75) is 44.0 Å². The summed E-state index contributed by atoms with van der Waals surface area (Å²) in [5, 5.41) is 7.68. The van der Waals surface area contributed by atoms with Crippen molar-refractivity contribution in [1.29, 1.82) is 0 Å². The van der Waals surface area contributed by atoms with Gasteiger partial charge in [-0.2, -0.15) is 4.31 Å². The van der Waals surface area contributed by atoms with Crippen molar-refractivity contribution in [2.75, 3.05) is 18.4 Å². The summed E-state index contributed by atoms with van der Waals surface area (Å²) in [6.45, 7) is 8.75. The molecule has 1 aliphatic heterocycles. The van der Waals surface area contributed by atoms with Crippen LogP contribution in [0.25, 0.3) is 11.0 Å². The fourth-order valence-corrected chi connectivity index (χ4v) is 6.49. The van der Waals surface area contributed by atoms with E-state index in [2.05, 4.69) is 38.9 Å². The minimum absolute atomic E-state index is 0.202. The molecule has 37 heavy (non-hydrogen) atoms. The first-order valence-corrected chi connectivity index (χ1v) is 13.6. The maximum absolute atomic E-state index is 13.3. The zero-order chi connectivity index (χ0) is 26.2. The van der Waals surface area contributed by atoms with Crippen molar-refractivity contribution in [2.24, 2.45) is 0 Å². The van der Waals surface area contributed by atoms with Gasteiger partial charge in [-0.25, -0.2) is 13.4 Å². The Morgan fingerprint density at radius 1 is 1.19 bits per heavy atom. The number of amides is 1. The number of anilines is 1. The number of aryl methyl sites for hydroxylation is 2. The number of carbonyl (C=O) groups excluding carboxylic acids is 1. The molecule has 1 saturated heterocycles. The number of aromatic nitrogens is 3. The molecule has 5 rings (SSSR count). The molecule has 3 aromatic heterocycles. The van der Waals surface area contributed by atoms with Crippen molar-refractivity contribution in [3.8, 4) is 0 Å². The van der Waals surface area contributed by atoms with Crippen molar-refractivity contribution in [1.82, 2.24) is 19.0 Å². The van der Waals surface area contributed by atoms with E-state index in [0.29, 0.717) is 42.3 Å². The Hall–Kier alpha value is -3.76. The Morgan fingerprint density at radius 2 is 1.92 bits per heavy atom. The first kappa shape index (κ1) is 24.9. The zero-order valence-electron chi connectivity index (χ0n) is 20.8. The molecule has 0 aliphatic carbocycles. The van der Waals surface area contributed by atoms with Crippen molar-refractivity contribution in [3.05, 3.63) is 84.0 Å². The molecule has 1 N–H and O–H groups in total. The van der Waals surface area contributed by atoms with Crippen molar-refractivity contribution in [3.63, 3.8) is 0 Å². The van der Waals surface area contributed by atoms with Gasteiger partial charge in [-0.1, -0.05) is 11.2 Å². The molecule has 0 saturated carbocycles. The number of carbonyl (C=O) groups is 1. The standard InChI is InChI=1S/C27H29N5O4S/c1-4-14-31-17-24(23-6-5-13-28-26(23)31)20-11-15-32(16-12-20)37(34,35)22-9-7-21(8-10-22)29-27(33)25-18(2)30-36-19(25)3/h4-10,13,17,20H,1,11-12,14-16H2,2-3H3,(H,29,33). The molecule has 1 amide bonds. The molecule has 4 heterocycles. The Balaban J connectivity index is 1.27. The number of nitrogens with one attached hydrogen (secondary N) is 1. The molecule has 0 radical (unpaired) electrons. The van der Waals surface area contributed by atoms with Crippen LogP contribution in [0.2, 0.25) is 0 Å². The highest BCUT2D eigenvalue weighted by Gasteiger charge is 2.31. The van der Waals surface area contributed by atoms with E-state index in [1.54, 1.807) is 36.5 Å². The van der Waals surface area contributed by atoms with E-state index in [0.717, 1.165) is 23.9 Å². The summed E-state index contributed by atoms with van der Waals surface area (Å²) in [5.74, 6) is 0.337. The van der Waals surface area contributed by atoms with E-state index in [1.807, 2.05) is 12.1 Å². The number of sulfonamides is 1. The second-order valence-corrected chi connectivity index (χ2v) is 11.2. The Kier molecular flexibility index (Phi) is 6.70. The van der Waals surface area contributed by atoms with Gasteiger partial charge in [0.25, 0.3) is 5.91 Å². The topological polar surface area (TPSA) is 110 Å². The fraction of sp³-hybridized carbons (Fsp3) is 0.296. The maximum Gasteiger partial charge on any atom is 0.261 e. The van der Waals surface area contributed by atoms with Gasteiger partial charge in [-0.3, -0.25) is 4.79 Å². The minimum atomic E-state index is -3.65. The summed E-state index contributed by atoms with van der Waals surface area (Å²) in [5.41, 5.74) is 3.50.